The van der Waals surface area contributed by atoms with Crippen LogP contribution in [0.15, 0.2) is 12.3 Å². The average molecular weight is 239 g/mol. The molecule has 0 aliphatic carbocycles. The van der Waals surface area contributed by atoms with Gasteiger partial charge in [0, 0.05) is 25.2 Å². The van der Waals surface area contributed by atoms with Crippen molar-refractivity contribution in [2.24, 2.45) is 7.05 Å². The summed E-state index contributed by atoms with van der Waals surface area (Å²) in [6.45, 7) is 4.26. The Bertz CT molecular complexity index is 342. The predicted molar refractivity (Wildman–Crippen MR) is 69.9 cm³/mol. The standard InChI is InChI=1S/C13H25N3O/c1-6-13(7-2,15(3)4)12(17)10-11-8-9-16(5)14-11/h8-9,12,17H,6-7,10H2,1-5H3. The minimum absolute atomic E-state index is 0.155. The quantitative estimate of drug-likeness (QED) is 0.817. The van der Waals surface area contributed by atoms with Gasteiger partial charge in [-0.15, -0.1) is 0 Å². The van der Waals surface area contributed by atoms with Crippen molar-refractivity contribution in [1.82, 2.24) is 14.7 Å². The van der Waals surface area contributed by atoms with Gasteiger partial charge in [0.05, 0.1) is 11.8 Å². The highest BCUT2D eigenvalue weighted by Crippen LogP contribution is 2.27. The fraction of sp³-hybridized carbons (Fsp3) is 0.769. The molecule has 98 valence electrons. The van der Waals surface area contributed by atoms with Crippen LogP contribution in [-0.4, -0.2) is 45.5 Å². The fourth-order valence-electron chi connectivity index (χ4n) is 2.61. The zero-order valence-corrected chi connectivity index (χ0v) is 11.6. The van der Waals surface area contributed by atoms with Gasteiger partial charge in [-0.3, -0.25) is 4.68 Å². The van der Waals surface area contributed by atoms with E-state index in [1.807, 2.05) is 33.4 Å². The summed E-state index contributed by atoms with van der Waals surface area (Å²) >= 11 is 0. The van der Waals surface area contributed by atoms with Crippen molar-refractivity contribution in [2.75, 3.05) is 14.1 Å². The van der Waals surface area contributed by atoms with Gasteiger partial charge in [-0.2, -0.15) is 5.10 Å². The minimum atomic E-state index is -0.387. The Balaban J connectivity index is 2.82. The van der Waals surface area contributed by atoms with Gasteiger partial charge in [-0.05, 0) is 33.0 Å². The van der Waals surface area contributed by atoms with E-state index < -0.39 is 0 Å². The molecule has 1 aromatic rings. The highest BCUT2D eigenvalue weighted by atomic mass is 16.3. The van der Waals surface area contributed by atoms with Crippen LogP contribution < -0.4 is 0 Å². The normalized spacial score (nSPS) is 14.3. The van der Waals surface area contributed by atoms with Crippen LogP contribution in [0.1, 0.15) is 32.4 Å². The lowest BCUT2D eigenvalue weighted by molar-refractivity contribution is -0.0131. The van der Waals surface area contributed by atoms with Crippen LogP contribution >= 0.6 is 0 Å². The lowest BCUT2D eigenvalue weighted by atomic mass is 9.83. The smallest absolute Gasteiger partial charge is 0.0779 e. The Morgan fingerprint density at radius 2 is 2.00 bits per heavy atom. The summed E-state index contributed by atoms with van der Waals surface area (Å²) in [4.78, 5) is 2.14. The molecule has 4 nitrogen and oxygen atoms in total. The number of rotatable bonds is 6. The first-order chi connectivity index (χ1) is 7.96. The molecule has 17 heavy (non-hydrogen) atoms. The van der Waals surface area contributed by atoms with Crippen molar-refractivity contribution in [3.05, 3.63) is 18.0 Å². The molecule has 1 atom stereocenters. The first kappa shape index (κ1) is 14.2. The zero-order chi connectivity index (χ0) is 13.1. The van der Waals surface area contributed by atoms with Crippen LogP contribution in [-0.2, 0) is 13.5 Å². The third-order valence-electron chi connectivity index (χ3n) is 3.91. The summed E-state index contributed by atoms with van der Waals surface area (Å²) < 4.78 is 1.78. The molecule has 0 saturated heterocycles. The largest absolute Gasteiger partial charge is 0.391 e. The molecule has 4 heteroatoms. The first-order valence-corrected chi connectivity index (χ1v) is 6.30. The fourth-order valence-corrected chi connectivity index (χ4v) is 2.61. The molecule has 0 fully saturated rings. The molecule has 0 radical (unpaired) electrons. The molecule has 0 aliphatic heterocycles. The molecular formula is C13H25N3O. The molecule has 1 N–H and O–H groups in total. The molecule has 0 saturated carbocycles. The van der Waals surface area contributed by atoms with Gasteiger partial charge < -0.3 is 10.0 Å². The zero-order valence-electron chi connectivity index (χ0n) is 11.6. The highest BCUT2D eigenvalue weighted by Gasteiger charge is 2.36. The van der Waals surface area contributed by atoms with Crippen molar-refractivity contribution in [2.45, 2.75) is 44.8 Å². The summed E-state index contributed by atoms with van der Waals surface area (Å²) in [7, 11) is 5.97. The lowest BCUT2D eigenvalue weighted by Crippen LogP contribution is -2.53. The summed E-state index contributed by atoms with van der Waals surface area (Å²) in [5.74, 6) is 0. The first-order valence-electron chi connectivity index (χ1n) is 6.30. The van der Waals surface area contributed by atoms with E-state index >= 15 is 0 Å². The maximum Gasteiger partial charge on any atom is 0.0779 e. The third-order valence-corrected chi connectivity index (χ3v) is 3.91. The van der Waals surface area contributed by atoms with E-state index in [0.29, 0.717) is 6.42 Å². The van der Waals surface area contributed by atoms with E-state index in [1.54, 1.807) is 4.68 Å². The van der Waals surface area contributed by atoms with Crippen molar-refractivity contribution < 1.29 is 5.11 Å². The maximum absolute atomic E-state index is 10.5. The van der Waals surface area contributed by atoms with E-state index in [9.17, 15) is 5.11 Å². The Kier molecular flexibility index (Phi) is 4.71. The summed E-state index contributed by atoms with van der Waals surface area (Å²) in [6.07, 6.45) is 4.01. The third kappa shape index (κ3) is 2.87. The monoisotopic (exact) mass is 239 g/mol. The molecule has 1 heterocycles. The van der Waals surface area contributed by atoms with Crippen LogP contribution in [0.25, 0.3) is 0 Å². The van der Waals surface area contributed by atoms with E-state index in [-0.39, 0.29) is 11.6 Å². The number of aliphatic hydroxyl groups is 1. The number of hydrogen-bond donors (Lipinski definition) is 1. The van der Waals surface area contributed by atoms with Crippen LogP contribution in [0.5, 0.6) is 0 Å². The second kappa shape index (κ2) is 5.65. The number of likely N-dealkylation sites (N-methyl/N-ethyl adjacent to an activating group) is 1. The number of nitrogens with zero attached hydrogens (tertiary/aromatic N) is 3. The van der Waals surface area contributed by atoms with E-state index in [2.05, 4.69) is 23.8 Å². The second-order valence-corrected chi connectivity index (χ2v) is 4.91. The molecule has 0 aliphatic rings. The predicted octanol–water partition coefficient (Wildman–Crippen LogP) is 1.44. The average Bonchev–Trinajstić information content (AvgIpc) is 2.66. The van der Waals surface area contributed by atoms with Gasteiger partial charge in [-0.25, -0.2) is 0 Å². The summed E-state index contributed by atoms with van der Waals surface area (Å²) in [6, 6.07) is 1.97. The van der Waals surface area contributed by atoms with Gasteiger partial charge in [0.15, 0.2) is 0 Å². The Morgan fingerprint density at radius 1 is 1.41 bits per heavy atom. The number of hydrogen-bond acceptors (Lipinski definition) is 3. The van der Waals surface area contributed by atoms with Crippen LogP contribution in [0, 0.1) is 0 Å². The van der Waals surface area contributed by atoms with Crippen molar-refractivity contribution >= 4 is 0 Å². The van der Waals surface area contributed by atoms with Gasteiger partial charge in [0.25, 0.3) is 0 Å². The second-order valence-electron chi connectivity index (χ2n) is 4.91. The van der Waals surface area contributed by atoms with Crippen LogP contribution in [0.3, 0.4) is 0 Å². The minimum Gasteiger partial charge on any atom is -0.391 e. The number of aryl methyl sites for hydroxylation is 1. The van der Waals surface area contributed by atoms with Gasteiger partial charge in [0.2, 0.25) is 0 Å². The maximum atomic E-state index is 10.5. The van der Waals surface area contributed by atoms with Crippen molar-refractivity contribution in [3.8, 4) is 0 Å². The van der Waals surface area contributed by atoms with Crippen molar-refractivity contribution in [3.63, 3.8) is 0 Å². The van der Waals surface area contributed by atoms with E-state index in [0.717, 1.165) is 18.5 Å². The van der Waals surface area contributed by atoms with Gasteiger partial charge in [0.1, 0.15) is 0 Å². The molecule has 0 amide bonds. The molecule has 1 rings (SSSR count). The molecule has 0 aromatic carbocycles. The summed E-state index contributed by atoms with van der Waals surface area (Å²) in [5, 5.41) is 14.8. The van der Waals surface area contributed by atoms with Crippen LogP contribution in [0.4, 0.5) is 0 Å². The lowest BCUT2D eigenvalue weighted by Gasteiger charge is -2.42. The number of aliphatic hydroxyl groups excluding tert-OH is 1. The summed E-state index contributed by atoms with van der Waals surface area (Å²) in [5.41, 5.74) is 0.797. The molecule has 0 bridgehead atoms. The Morgan fingerprint density at radius 3 is 2.35 bits per heavy atom. The number of aromatic nitrogens is 2. The van der Waals surface area contributed by atoms with Gasteiger partial charge >= 0.3 is 0 Å². The molecule has 1 unspecified atom stereocenters. The van der Waals surface area contributed by atoms with E-state index in [4.69, 9.17) is 0 Å². The van der Waals surface area contributed by atoms with E-state index in [1.165, 1.54) is 0 Å². The molecular weight excluding hydrogens is 214 g/mol. The Hall–Kier alpha value is -0.870. The SMILES string of the molecule is CCC(CC)(C(O)Cc1ccn(C)n1)N(C)C. The molecule has 1 aromatic heterocycles. The Labute approximate surface area is 104 Å². The molecule has 0 spiro atoms. The topological polar surface area (TPSA) is 41.3 Å². The van der Waals surface area contributed by atoms with Gasteiger partial charge in [-0.1, -0.05) is 13.8 Å². The highest BCUT2D eigenvalue weighted by molar-refractivity contribution is 5.05. The van der Waals surface area contributed by atoms with Crippen molar-refractivity contribution in [1.29, 1.82) is 0 Å². The van der Waals surface area contributed by atoms with Crippen LogP contribution in [0.2, 0.25) is 0 Å².